The molecule has 2 unspecified atom stereocenters. The number of aliphatic hydroxyl groups excluding tert-OH is 1. The van der Waals surface area contributed by atoms with E-state index in [0.717, 1.165) is 0 Å². The van der Waals surface area contributed by atoms with E-state index < -0.39 is 11.9 Å². The number of carbonyl (C=O) groups excluding carboxylic acids is 2. The van der Waals surface area contributed by atoms with E-state index >= 15 is 0 Å². The molecule has 1 aromatic heterocycles. The molecule has 6 nitrogen and oxygen atoms in total. The monoisotopic (exact) mass is 379 g/mol. The van der Waals surface area contributed by atoms with Crippen LogP contribution in [0.25, 0.3) is 11.6 Å². The van der Waals surface area contributed by atoms with Gasteiger partial charge in [-0.1, -0.05) is 11.8 Å². The Morgan fingerprint density at radius 2 is 2.21 bits per heavy atom. The number of amides is 1. The number of aromatic nitrogens is 1. The van der Waals surface area contributed by atoms with Crippen LogP contribution in [0.3, 0.4) is 0 Å². The van der Waals surface area contributed by atoms with E-state index in [1.807, 2.05) is 0 Å². The number of fused-ring (bicyclic) bond motifs is 1. The van der Waals surface area contributed by atoms with Gasteiger partial charge in [-0.25, -0.2) is 4.39 Å². The van der Waals surface area contributed by atoms with Crippen molar-refractivity contribution in [2.75, 3.05) is 11.9 Å². The number of benzene rings is 1. The average molecular weight is 379 g/mol. The van der Waals surface area contributed by atoms with Crippen LogP contribution in [0.4, 0.5) is 10.1 Å². The van der Waals surface area contributed by atoms with Crippen molar-refractivity contribution in [2.24, 2.45) is 0 Å². The van der Waals surface area contributed by atoms with Gasteiger partial charge in [0.1, 0.15) is 5.82 Å². The summed E-state index contributed by atoms with van der Waals surface area (Å²) in [6.45, 7) is 1.90. The maximum atomic E-state index is 14.6. The number of halogens is 1. The SMILES string of the molecule is CC(=O)c1c[nH]c(/C=C2\C(=O)Nc3ccc(F)c(C#CC4CC(O)CN4)c32)c1. The van der Waals surface area contributed by atoms with E-state index in [0.29, 0.717) is 35.5 Å². The van der Waals surface area contributed by atoms with Crippen molar-refractivity contribution in [3.63, 3.8) is 0 Å². The lowest BCUT2D eigenvalue weighted by atomic mass is 9.98. The second-order valence-electron chi connectivity index (χ2n) is 6.88. The van der Waals surface area contributed by atoms with E-state index in [-0.39, 0.29) is 28.9 Å². The maximum absolute atomic E-state index is 14.6. The molecular formula is C21H18FN3O3. The molecule has 3 heterocycles. The first-order valence-electron chi connectivity index (χ1n) is 8.90. The van der Waals surface area contributed by atoms with Gasteiger partial charge in [-0.05, 0) is 31.2 Å². The van der Waals surface area contributed by atoms with Crippen molar-refractivity contribution < 1.29 is 19.1 Å². The number of hydrogen-bond donors (Lipinski definition) is 4. The van der Waals surface area contributed by atoms with Crippen LogP contribution in [0.15, 0.2) is 24.4 Å². The topological polar surface area (TPSA) is 94.2 Å². The molecule has 4 rings (SSSR count). The van der Waals surface area contributed by atoms with Gasteiger partial charge in [0.05, 0.1) is 29.0 Å². The Morgan fingerprint density at radius 3 is 2.89 bits per heavy atom. The standard InChI is InChI=1S/C21H18FN3O3/c1-11(26)12-6-14(23-9-12)8-17-20-16(3-2-13-7-15(27)10-24-13)18(22)4-5-19(20)25-21(17)28/h4-6,8-9,13,15,23-24,27H,7,10H2,1H3,(H,25,28)/b17-8-. The van der Waals surface area contributed by atoms with Gasteiger partial charge in [0.25, 0.3) is 5.91 Å². The number of aliphatic hydroxyl groups is 1. The molecule has 0 aliphatic carbocycles. The Morgan fingerprint density at radius 1 is 1.39 bits per heavy atom. The molecule has 2 aromatic rings. The summed E-state index contributed by atoms with van der Waals surface area (Å²) in [4.78, 5) is 26.9. The Kier molecular flexibility index (Phi) is 4.59. The first-order valence-corrected chi connectivity index (χ1v) is 8.90. The number of hydrogen-bond acceptors (Lipinski definition) is 4. The number of ketones is 1. The van der Waals surface area contributed by atoms with Crippen LogP contribution in [-0.4, -0.2) is 40.5 Å². The molecule has 1 amide bonds. The fourth-order valence-corrected chi connectivity index (χ4v) is 3.36. The highest BCUT2D eigenvalue weighted by Gasteiger charge is 2.29. The number of rotatable bonds is 2. The molecule has 1 aromatic carbocycles. The van der Waals surface area contributed by atoms with Gasteiger partial charge in [0.2, 0.25) is 0 Å². The summed E-state index contributed by atoms with van der Waals surface area (Å²) in [5, 5.41) is 15.4. The zero-order valence-electron chi connectivity index (χ0n) is 15.1. The molecule has 28 heavy (non-hydrogen) atoms. The van der Waals surface area contributed by atoms with Crippen molar-refractivity contribution >= 4 is 29.0 Å². The van der Waals surface area contributed by atoms with Crippen LogP contribution in [0.1, 0.15) is 40.5 Å². The van der Waals surface area contributed by atoms with Gasteiger partial charge in [-0.2, -0.15) is 0 Å². The molecular weight excluding hydrogens is 361 g/mol. The lowest BCUT2D eigenvalue weighted by Gasteiger charge is -2.05. The summed E-state index contributed by atoms with van der Waals surface area (Å²) in [5.41, 5.74) is 2.34. The van der Waals surface area contributed by atoms with Gasteiger partial charge in [-0.15, -0.1) is 0 Å². The van der Waals surface area contributed by atoms with E-state index in [4.69, 9.17) is 0 Å². The maximum Gasteiger partial charge on any atom is 0.256 e. The predicted octanol–water partition coefficient (Wildman–Crippen LogP) is 1.92. The lowest BCUT2D eigenvalue weighted by molar-refractivity contribution is -0.110. The van der Waals surface area contributed by atoms with Gasteiger partial charge in [-0.3, -0.25) is 9.59 Å². The van der Waals surface area contributed by atoms with Crippen molar-refractivity contribution in [1.82, 2.24) is 10.3 Å². The Bertz CT molecular complexity index is 1070. The molecule has 0 bridgehead atoms. The minimum Gasteiger partial charge on any atom is -0.392 e. The highest BCUT2D eigenvalue weighted by molar-refractivity contribution is 6.35. The number of H-pyrrole nitrogens is 1. The molecule has 0 saturated carbocycles. The first kappa shape index (κ1) is 18.2. The molecule has 142 valence electrons. The summed E-state index contributed by atoms with van der Waals surface area (Å²) >= 11 is 0. The third kappa shape index (κ3) is 3.36. The number of Topliss-reactive ketones (excluding diaryl/α,β-unsaturated/α-hetero) is 1. The van der Waals surface area contributed by atoms with E-state index in [9.17, 15) is 19.1 Å². The fourth-order valence-electron chi connectivity index (χ4n) is 3.36. The summed E-state index contributed by atoms with van der Waals surface area (Å²) < 4.78 is 14.6. The van der Waals surface area contributed by atoms with Crippen LogP contribution in [0.2, 0.25) is 0 Å². The van der Waals surface area contributed by atoms with Crippen LogP contribution in [0.5, 0.6) is 0 Å². The third-order valence-electron chi connectivity index (χ3n) is 4.81. The number of aromatic amines is 1. The third-order valence-corrected chi connectivity index (χ3v) is 4.81. The van der Waals surface area contributed by atoms with Crippen molar-refractivity contribution in [3.05, 3.63) is 52.6 Å². The zero-order chi connectivity index (χ0) is 19.8. The molecule has 0 spiro atoms. The van der Waals surface area contributed by atoms with E-state index in [2.05, 4.69) is 27.5 Å². The van der Waals surface area contributed by atoms with Gasteiger partial charge < -0.3 is 20.7 Å². The van der Waals surface area contributed by atoms with Gasteiger partial charge in [0.15, 0.2) is 5.78 Å². The number of nitrogens with one attached hydrogen (secondary N) is 3. The smallest absolute Gasteiger partial charge is 0.256 e. The predicted molar refractivity (Wildman–Crippen MR) is 103 cm³/mol. The molecule has 1 fully saturated rings. The van der Waals surface area contributed by atoms with Crippen LogP contribution in [-0.2, 0) is 4.79 Å². The summed E-state index contributed by atoms with van der Waals surface area (Å²) in [6.07, 6.45) is 3.15. The lowest BCUT2D eigenvalue weighted by Crippen LogP contribution is -2.19. The summed E-state index contributed by atoms with van der Waals surface area (Å²) in [5.74, 6) is 4.79. The second kappa shape index (κ2) is 7.08. The van der Waals surface area contributed by atoms with Crippen LogP contribution < -0.4 is 10.6 Å². The quantitative estimate of drug-likeness (QED) is 0.364. The van der Waals surface area contributed by atoms with Crippen molar-refractivity contribution in [1.29, 1.82) is 0 Å². The minimum atomic E-state index is -0.525. The Balaban J connectivity index is 1.76. The van der Waals surface area contributed by atoms with Crippen LogP contribution in [0, 0.1) is 17.7 Å². The van der Waals surface area contributed by atoms with E-state index in [1.54, 1.807) is 18.3 Å². The molecule has 7 heteroatoms. The Hall–Kier alpha value is -3.21. The largest absolute Gasteiger partial charge is 0.392 e. The molecule has 2 atom stereocenters. The minimum absolute atomic E-state index is 0.0963. The highest BCUT2D eigenvalue weighted by atomic mass is 19.1. The molecule has 4 N–H and O–H groups in total. The number of anilines is 1. The van der Waals surface area contributed by atoms with Crippen molar-refractivity contribution in [2.45, 2.75) is 25.5 Å². The molecule has 1 saturated heterocycles. The van der Waals surface area contributed by atoms with Gasteiger partial charge >= 0.3 is 0 Å². The molecule has 2 aliphatic rings. The fraction of sp³-hybridized carbons (Fsp3) is 0.238. The van der Waals surface area contributed by atoms with Crippen molar-refractivity contribution in [3.8, 4) is 11.8 Å². The summed E-state index contributed by atoms with van der Waals surface area (Å²) in [6, 6.07) is 4.17. The van der Waals surface area contributed by atoms with E-state index in [1.165, 1.54) is 19.1 Å². The van der Waals surface area contributed by atoms with Crippen LogP contribution >= 0.6 is 0 Å². The average Bonchev–Trinajstić information content (AvgIpc) is 3.35. The summed E-state index contributed by atoms with van der Waals surface area (Å²) in [7, 11) is 0. The first-order chi connectivity index (χ1) is 13.4. The highest BCUT2D eigenvalue weighted by Crippen LogP contribution is 2.36. The molecule has 0 radical (unpaired) electrons. The molecule has 2 aliphatic heterocycles. The second-order valence-corrected chi connectivity index (χ2v) is 6.88. The zero-order valence-corrected chi connectivity index (χ0v) is 15.1. The number of carbonyl (C=O) groups is 2. The van der Waals surface area contributed by atoms with Gasteiger partial charge in [0, 0.05) is 36.0 Å². The normalized spacial score (nSPS) is 22.0. The number of β-amino-alcohol motifs (C(OH)–C–C–N with tert-alkyl or cyclic N) is 1. The Labute approximate surface area is 160 Å².